The molecule has 0 radical (unpaired) electrons. The number of ether oxygens (including phenoxy) is 2. The fourth-order valence-corrected chi connectivity index (χ4v) is 2.09. The van der Waals surface area contributed by atoms with Crippen molar-refractivity contribution >= 4 is 5.97 Å². The number of carbonyl (C=O) groups is 1. The van der Waals surface area contributed by atoms with Gasteiger partial charge in [0, 0.05) is 18.8 Å². The first-order valence-corrected chi connectivity index (χ1v) is 7.59. The number of hydrogen-bond donors (Lipinski definition) is 0. The Bertz CT molecular complexity index is 650. The summed E-state index contributed by atoms with van der Waals surface area (Å²) in [5, 5.41) is 8.29. The first-order valence-electron chi connectivity index (χ1n) is 7.59. The highest BCUT2D eigenvalue weighted by atomic mass is 16.5. The molecule has 0 aromatic heterocycles. The highest BCUT2D eigenvalue weighted by Gasteiger charge is 2.18. The molecule has 0 unspecified atom stereocenters. The Balaban J connectivity index is 0.000000133. The quantitative estimate of drug-likeness (QED) is 0.696. The van der Waals surface area contributed by atoms with E-state index in [1.54, 1.807) is 18.2 Å². The molecule has 1 fully saturated rings. The SMILES string of the molecule is C1CCOC1.N#Cc1ccccc1.O=C1OCc2ccccc21. The first kappa shape index (κ1) is 16.7. The maximum absolute atomic E-state index is 10.8. The number of nitriles is 1. The van der Waals surface area contributed by atoms with E-state index in [2.05, 4.69) is 0 Å². The Kier molecular flexibility index (Phi) is 6.83. The lowest BCUT2D eigenvalue weighted by molar-refractivity contribution is 0.0535. The summed E-state index contributed by atoms with van der Waals surface area (Å²) in [6.07, 6.45) is 2.56. The van der Waals surface area contributed by atoms with Crippen molar-refractivity contribution in [3.8, 4) is 6.07 Å². The monoisotopic (exact) mass is 309 g/mol. The van der Waals surface area contributed by atoms with Gasteiger partial charge in [-0.15, -0.1) is 0 Å². The molecule has 1 saturated heterocycles. The van der Waals surface area contributed by atoms with Gasteiger partial charge in [0.05, 0.1) is 17.2 Å². The summed E-state index contributed by atoms with van der Waals surface area (Å²) in [5.41, 5.74) is 2.42. The van der Waals surface area contributed by atoms with Crippen LogP contribution in [0.3, 0.4) is 0 Å². The van der Waals surface area contributed by atoms with Gasteiger partial charge in [0.15, 0.2) is 0 Å². The van der Waals surface area contributed by atoms with Gasteiger partial charge in [-0.25, -0.2) is 4.79 Å². The molecule has 118 valence electrons. The van der Waals surface area contributed by atoms with Gasteiger partial charge in [-0.05, 0) is 31.0 Å². The van der Waals surface area contributed by atoms with Crippen LogP contribution >= 0.6 is 0 Å². The lowest BCUT2D eigenvalue weighted by Crippen LogP contribution is -1.91. The van der Waals surface area contributed by atoms with Crippen LogP contribution in [0.2, 0.25) is 0 Å². The number of fused-ring (bicyclic) bond motifs is 1. The zero-order valence-electron chi connectivity index (χ0n) is 12.9. The number of cyclic esters (lactones) is 1. The molecule has 2 aromatic carbocycles. The van der Waals surface area contributed by atoms with E-state index >= 15 is 0 Å². The van der Waals surface area contributed by atoms with Crippen molar-refractivity contribution in [1.82, 2.24) is 0 Å². The number of rotatable bonds is 0. The maximum Gasteiger partial charge on any atom is 0.338 e. The number of benzene rings is 2. The average molecular weight is 309 g/mol. The van der Waals surface area contributed by atoms with Gasteiger partial charge in [0.1, 0.15) is 6.61 Å². The third kappa shape index (κ3) is 5.57. The molecule has 4 rings (SSSR count). The minimum Gasteiger partial charge on any atom is -0.457 e. The smallest absolute Gasteiger partial charge is 0.338 e. The second kappa shape index (κ2) is 9.39. The highest BCUT2D eigenvalue weighted by Crippen LogP contribution is 2.18. The topological polar surface area (TPSA) is 59.3 Å². The van der Waals surface area contributed by atoms with E-state index in [-0.39, 0.29) is 5.97 Å². The molecule has 23 heavy (non-hydrogen) atoms. The lowest BCUT2D eigenvalue weighted by Gasteiger charge is -1.87. The maximum atomic E-state index is 10.8. The summed E-state index contributed by atoms with van der Waals surface area (Å²) in [6, 6.07) is 18.6. The molecular weight excluding hydrogens is 290 g/mol. The molecule has 0 amide bonds. The van der Waals surface area contributed by atoms with Crippen LogP contribution in [0, 0.1) is 11.3 Å². The molecule has 0 bridgehead atoms. The summed E-state index contributed by atoms with van der Waals surface area (Å²) in [4.78, 5) is 10.8. The number of nitrogens with zero attached hydrogens (tertiary/aromatic N) is 1. The molecule has 0 N–H and O–H groups in total. The Hall–Kier alpha value is -2.64. The summed E-state index contributed by atoms with van der Waals surface area (Å²) in [6.45, 7) is 2.44. The number of hydrogen-bond acceptors (Lipinski definition) is 4. The average Bonchev–Trinajstić information content (AvgIpc) is 3.31. The van der Waals surface area contributed by atoms with Crippen molar-refractivity contribution in [2.45, 2.75) is 19.4 Å². The molecule has 4 nitrogen and oxygen atoms in total. The zero-order valence-corrected chi connectivity index (χ0v) is 12.9. The predicted octanol–water partition coefficient (Wildman–Crippen LogP) is 3.71. The normalized spacial score (nSPS) is 14.3. The third-order valence-corrected chi connectivity index (χ3v) is 3.33. The molecule has 4 heteroatoms. The standard InChI is InChI=1S/C8H6O2.C7H5N.C4H8O/c9-8-7-4-2-1-3-6(7)5-10-8;8-6-7-4-2-1-3-5-7;1-2-4-5-3-1/h1-4H,5H2;1-5H;1-4H2. The highest BCUT2D eigenvalue weighted by molar-refractivity contribution is 5.93. The van der Waals surface area contributed by atoms with Crippen molar-refractivity contribution in [3.63, 3.8) is 0 Å². The minimum absolute atomic E-state index is 0.199. The molecule has 2 aliphatic heterocycles. The Labute approximate surface area is 136 Å². The van der Waals surface area contributed by atoms with Crippen molar-refractivity contribution < 1.29 is 14.3 Å². The van der Waals surface area contributed by atoms with E-state index in [0.29, 0.717) is 17.7 Å². The summed E-state index contributed by atoms with van der Waals surface area (Å²) >= 11 is 0. The van der Waals surface area contributed by atoms with Gasteiger partial charge < -0.3 is 9.47 Å². The summed E-state index contributed by atoms with van der Waals surface area (Å²) < 4.78 is 9.73. The van der Waals surface area contributed by atoms with E-state index < -0.39 is 0 Å². The minimum atomic E-state index is -0.199. The van der Waals surface area contributed by atoms with Gasteiger partial charge >= 0.3 is 5.97 Å². The molecule has 2 aromatic rings. The fourth-order valence-electron chi connectivity index (χ4n) is 2.09. The molecule has 0 aliphatic carbocycles. The van der Waals surface area contributed by atoms with Crippen LogP contribution in [0.4, 0.5) is 0 Å². The van der Waals surface area contributed by atoms with Gasteiger partial charge in [0.25, 0.3) is 0 Å². The summed E-state index contributed by atoms with van der Waals surface area (Å²) in [5.74, 6) is -0.199. The van der Waals surface area contributed by atoms with Gasteiger partial charge in [0.2, 0.25) is 0 Å². The Morgan fingerprint density at radius 1 is 0.913 bits per heavy atom. The molecular formula is C19H19NO3. The van der Waals surface area contributed by atoms with Crippen LogP contribution < -0.4 is 0 Å². The predicted molar refractivity (Wildman–Crippen MR) is 86.8 cm³/mol. The van der Waals surface area contributed by atoms with E-state index in [1.807, 2.05) is 42.5 Å². The van der Waals surface area contributed by atoms with Gasteiger partial charge in [-0.1, -0.05) is 36.4 Å². The molecule has 2 aliphatic rings. The Morgan fingerprint density at radius 2 is 1.57 bits per heavy atom. The van der Waals surface area contributed by atoms with Crippen LogP contribution in [-0.2, 0) is 16.1 Å². The molecule has 0 atom stereocenters. The van der Waals surface area contributed by atoms with Crippen LogP contribution in [0.5, 0.6) is 0 Å². The lowest BCUT2D eigenvalue weighted by atomic mass is 10.1. The molecule has 0 saturated carbocycles. The van der Waals surface area contributed by atoms with Crippen LogP contribution in [0.25, 0.3) is 0 Å². The van der Waals surface area contributed by atoms with Crippen LogP contribution in [0.15, 0.2) is 54.6 Å². The second-order valence-corrected chi connectivity index (χ2v) is 5.03. The van der Waals surface area contributed by atoms with E-state index in [1.165, 1.54) is 12.8 Å². The van der Waals surface area contributed by atoms with Crippen molar-refractivity contribution in [2.24, 2.45) is 0 Å². The third-order valence-electron chi connectivity index (χ3n) is 3.33. The summed E-state index contributed by atoms with van der Waals surface area (Å²) in [7, 11) is 0. The number of esters is 1. The van der Waals surface area contributed by atoms with Gasteiger partial charge in [-0.3, -0.25) is 0 Å². The van der Waals surface area contributed by atoms with E-state index in [0.717, 1.165) is 18.8 Å². The van der Waals surface area contributed by atoms with E-state index in [4.69, 9.17) is 14.7 Å². The van der Waals surface area contributed by atoms with Crippen molar-refractivity contribution in [3.05, 3.63) is 71.3 Å². The zero-order chi connectivity index (χ0) is 16.3. The van der Waals surface area contributed by atoms with E-state index in [9.17, 15) is 4.79 Å². The number of carbonyl (C=O) groups excluding carboxylic acids is 1. The Morgan fingerprint density at radius 3 is 2.09 bits per heavy atom. The molecule has 2 heterocycles. The largest absolute Gasteiger partial charge is 0.457 e. The van der Waals surface area contributed by atoms with Crippen LogP contribution in [-0.4, -0.2) is 19.2 Å². The molecule has 0 spiro atoms. The second-order valence-electron chi connectivity index (χ2n) is 5.03. The first-order chi connectivity index (χ1) is 11.3. The van der Waals surface area contributed by atoms with Crippen molar-refractivity contribution in [1.29, 1.82) is 5.26 Å². The van der Waals surface area contributed by atoms with Gasteiger partial charge in [-0.2, -0.15) is 5.26 Å². The fraction of sp³-hybridized carbons (Fsp3) is 0.263. The van der Waals surface area contributed by atoms with Crippen LogP contribution in [0.1, 0.15) is 34.3 Å². The van der Waals surface area contributed by atoms with Crippen molar-refractivity contribution in [2.75, 3.05) is 13.2 Å².